The van der Waals surface area contributed by atoms with Crippen molar-refractivity contribution < 1.29 is 14.3 Å². The molecule has 0 aliphatic heterocycles. The van der Waals surface area contributed by atoms with Gasteiger partial charge in [-0.25, -0.2) is 4.68 Å². The summed E-state index contributed by atoms with van der Waals surface area (Å²) in [6.07, 6.45) is 11.6. The maximum atomic E-state index is 12.8. The molecule has 1 heterocycles. The van der Waals surface area contributed by atoms with E-state index in [4.69, 9.17) is 15.9 Å². The number of hydrogen-bond acceptors (Lipinski definition) is 4. The Labute approximate surface area is 153 Å². The number of amides is 1. The van der Waals surface area contributed by atoms with Crippen LogP contribution in [-0.4, -0.2) is 29.4 Å². The average Bonchev–Trinajstić information content (AvgIpc) is 3.30. The van der Waals surface area contributed by atoms with Crippen LogP contribution in [0.25, 0.3) is 0 Å². The van der Waals surface area contributed by atoms with E-state index in [9.17, 15) is 4.79 Å². The van der Waals surface area contributed by atoms with E-state index in [0.29, 0.717) is 23.1 Å². The summed E-state index contributed by atoms with van der Waals surface area (Å²) in [6.45, 7) is 2.05. The van der Waals surface area contributed by atoms with Gasteiger partial charge in [0.15, 0.2) is 11.5 Å². The van der Waals surface area contributed by atoms with E-state index in [0.717, 1.165) is 24.2 Å². The smallest absolute Gasteiger partial charge is 0.256 e. The third-order valence-electron chi connectivity index (χ3n) is 4.62. The number of hydrogen-bond donors (Lipinski definition) is 1. The summed E-state index contributed by atoms with van der Waals surface area (Å²) in [5, 5.41) is 7.46. The van der Waals surface area contributed by atoms with Crippen molar-refractivity contribution in [1.82, 2.24) is 9.78 Å². The van der Waals surface area contributed by atoms with Gasteiger partial charge in [0, 0.05) is 11.1 Å². The number of nitrogens with zero attached hydrogens (tertiary/aromatic N) is 2. The molecule has 0 saturated heterocycles. The van der Waals surface area contributed by atoms with Gasteiger partial charge in [-0.2, -0.15) is 5.10 Å². The highest BCUT2D eigenvalue weighted by Gasteiger charge is 2.22. The highest BCUT2D eigenvalue weighted by Crippen LogP contribution is 2.33. The van der Waals surface area contributed by atoms with Crippen molar-refractivity contribution in [3.63, 3.8) is 0 Å². The van der Waals surface area contributed by atoms with Gasteiger partial charge in [0.25, 0.3) is 5.91 Å². The van der Waals surface area contributed by atoms with E-state index in [2.05, 4.69) is 16.3 Å². The molecule has 0 unspecified atom stereocenters. The van der Waals surface area contributed by atoms with Crippen LogP contribution in [0.5, 0.6) is 11.5 Å². The molecular weight excluding hydrogens is 330 g/mol. The lowest BCUT2D eigenvalue weighted by Crippen LogP contribution is -2.18. The molecule has 0 bridgehead atoms. The number of terminal acetylenes is 1. The summed E-state index contributed by atoms with van der Waals surface area (Å²) < 4.78 is 12.7. The Morgan fingerprint density at radius 3 is 2.85 bits per heavy atom. The highest BCUT2D eigenvalue weighted by molar-refractivity contribution is 6.04. The van der Waals surface area contributed by atoms with Crippen LogP contribution in [0.1, 0.15) is 47.6 Å². The van der Waals surface area contributed by atoms with Gasteiger partial charge in [0.1, 0.15) is 12.4 Å². The molecule has 6 heteroatoms. The summed E-state index contributed by atoms with van der Waals surface area (Å²) in [7, 11) is 1.54. The molecule has 6 nitrogen and oxygen atoms in total. The number of rotatable bonds is 6. The molecule has 0 radical (unpaired) electrons. The zero-order valence-corrected chi connectivity index (χ0v) is 15.1. The Bertz CT molecular complexity index is 829. The number of anilines is 1. The first-order valence-electron chi connectivity index (χ1n) is 8.73. The number of methoxy groups -OCH3 is 1. The monoisotopic (exact) mass is 353 g/mol. The minimum Gasteiger partial charge on any atom is -0.493 e. The number of benzene rings is 1. The van der Waals surface area contributed by atoms with E-state index < -0.39 is 0 Å². The van der Waals surface area contributed by atoms with Crippen molar-refractivity contribution in [3.05, 3.63) is 35.5 Å². The first-order valence-corrected chi connectivity index (χ1v) is 8.73. The zero-order valence-electron chi connectivity index (χ0n) is 15.1. The quantitative estimate of drug-likeness (QED) is 0.806. The Hall–Kier alpha value is -2.94. The van der Waals surface area contributed by atoms with Crippen molar-refractivity contribution in [3.8, 4) is 23.8 Å². The number of carbonyl (C=O) groups is 1. The second kappa shape index (κ2) is 7.96. The Morgan fingerprint density at radius 1 is 1.38 bits per heavy atom. The third kappa shape index (κ3) is 3.67. The summed E-state index contributed by atoms with van der Waals surface area (Å²) in [6, 6.07) is 5.38. The van der Waals surface area contributed by atoms with Crippen molar-refractivity contribution >= 4 is 11.7 Å². The fourth-order valence-electron chi connectivity index (χ4n) is 3.26. The van der Waals surface area contributed by atoms with E-state index >= 15 is 0 Å². The fraction of sp³-hybridized carbons (Fsp3) is 0.400. The molecular formula is C20H23N3O3. The number of aromatic nitrogens is 2. The standard InChI is InChI=1S/C20H23N3O3/c1-4-11-26-18-12-15(9-10-17(18)25-3)20(24)22-19-14(2)13-21-23(19)16-7-5-6-8-16/h1,9-10,12-13,16H,5-8,11H2,2-3H3,(H,22,24). The molecule has 136 valence electrons. The van der Waals surface area contributed by atoms with Crippen LogP contribution in [0.3, 0.4) is 0 Å². The number of carbonyl (C=O) groups excluding carboxylic acids is 1. The molecule has 1 fully saturated rings. The summed E-state index contributed by atoms with van der Waals surface area (Å²) in [5.41, 5.74) is 1.42. The van der Waals surface area contributed by atoms with Crippen LogP contribution in [0.15, 0.2) is 24.4 Å². The van der Waals surface area contributed by atoms with Crippen LogP contribution in [0.4, 0.5) is 5.82 Å². The molecule has 1 aromatic carbocycles. The van der Waals surface area contributed by atoms with E-state index in [1.807, 2.05) is 11.6 Å². The van der Waals surface area contributed by atoms with Crippen LogP contribution < -0.4 is 14.8 Å². The maximum Gasteiger partial charge on any atom is 0.256 e. The van der Waals surface area contributed by atoms with Crippen LogP contribution in [-0.2, 0) is 0 Å². The predicted molar refractivity (Wildman–Crippen MR) is 99.7 cm³/mol. The van der Waals surface area contributed by atoms with Gasteiger partial charge in [-0.1, -0.05) is 18.8 Å². The normalized spacial score (nSPS) is 14.0. The predicted octanol–water partition coefficient (Wildman–Crippen LogP) is 3.58. The summed E-state index contributed by atoms with van der Waals surface area (Å²) in [4.78, 5) is 12.8. The van der Waals surface area contributed by atoms with Gasteiger partial charge in [-0.05, 0) is 38.0 Å². The zero-order chi connectivity index (χ0) is 18.5. The first-order chi connectivity index (χ1) is 12.6. The van der Waals surface area contributed by atoms with Gasteiger partial charge in [-0.3, -0.25) is 4.79 Å². The molecule has 2 aromatic rings. The fourth-order valence-corrected chi connectivity index (χ4v) is 3.26. The lowest BCUT2D eigenvalue weighted by atomic mass is 10.2. The van der Waals surface area contributed by atoms with Crippen LogP contribution in [0, 0.1) is 19.3 Å². The molecule has 1 N–H and O–H groups in total. The Balaban J connectivity index is 1.82. The molecule has 1 aliphatic carbocycles. The van der Waals surface area contributed by atoms with Crippen molar-refractivity contribution in [1.29, 1.82) is 0 Å². The SMILES string of the molecule is C#CCOc1cc(C(=O)Nc2c(C)cnn2C2CCCC2)ccc1OC. The van der Waals surface area contributed by atoms with Gasteiger partial charge in [0.2, 0.25) is 0 Å². The van der Waals surface area contributed by atoms with Crippen molar-refractivity contribution in [2.24, 2.45) is 0 Å². The molecule has 3 rings (SSSR count). The molecule has 1 aromatic heterocycles. The number of nitrogens with one attached hydrogen (secondary N) is 1. The van der Waals surface area contributed by atoms with Crippen LogP contribution in [0.2, 0.25) is 0 Å². The van der Waals surface area contributed by atoms with Crippen LogP contribution >= 0.6 is 0 Å². The topological polar surface area (TPSA) is 65.4 Å². The minimum absolute atomic E-state index is 0.106. The Morgan fingerprint density at radius 2 is 2.15 bits per heavy atom. The van der Waals surface area contributed by atoms with Gasteiger partial charge in [0.05, 0.1) is 19.3 Å². The number of aryl methyl sites for hydroxylation is 1. The van der Waals surface area contributed by atoms with Crippen molar-refractivity contribution in [2.75, 3.05) is 19.0 Å². The molecule has 1 amide bonds. The van der Waals surface area contributed by atoms with E-state index in [1.54, 1.807) is 31.5 Å². The van der Waals surface area contributed by atoms with Crippen molar-refractivity contribution in [2.45, 2.75) is 38.6 Å². The second-order valence-corrected chi connectivity index (χ2v) is 6.37. The van der Waals surface area contributed by atoms with E-state index in [1.165, 1.54) is 12.8 Å². The number of ether oxygens (including phenoxy) is 2. The largest absolute Gasteiger partial charge is 0.493 e. The first kappa shape index (κ1) is 17.9. The molecule has 0 spiro atoms. The molecule has 1 saturated carbocycles. The summed E-state index contributed by atoms with van der Waals surface area (Å²) in [5.74, 6) is 3.92. The molecule has 26 heavy (non-hydrogen) atoms. The lowest BCUT2D eigenvalue weighted by molar-refractivity contribution is 0.102. The third-order valence-corrected chi connectivity index (χ3v) is 4.62. The Kier molecular flexibility index (Phi) is 5.47. The second-order valence-electron chi connectivity index (χ2n) is 6.37. The lowest BCUT2D eigenvalue weighted by Gasteiger charge is -2.16. The minimum atomic E-state index is -0.221. The maximum absolute atomic E-state index is 12.8. The van der Waals surface area contributed by atoms with Gasteiger partial charge in [-0.15, -0.1) is 6.42 Å². The van der Waals surface area contributed by atoms with Gasteiger partial charge < -0.3 is 14.8 Å². The van der Waals surface area contributed by atoms with E-state index in [-0.39, 0.29) is 12.5 Å². The average molecular weight is 353 g/mol. The molecule has 1 aliphatic rings. The van der Waals surface area contributed by atoms with Gasteiger partial charge >= 0.3 is 0 Å². The summed E-state index contributed by atoms with van der Waals surface area (Å²) >= 11 is 0. The highest BCUT2D eigenvalue weighted by atomic mass is 16.5. The molecule has 0 atom stereocenters.